The Morgan fingerprint density at radius 1 is 1.22 bits per heavy atom. The molecular formula is C14H17ClN2S. The quantitative estimate of drug-likeness (QED) is 0.828. The molecule has 1 fully saturated rings. The second-order valence-corrected chi connectivity index (χ2v) is 6.17. The minimum atomic E-state index is 0.0785. The van der Waals surface area contributed by atoms with Crippen LogP contribution in [0.2, 0.25) is 0 Å². The van der Waals surface area contributed by atoms with E-state index in [1.807, 2.05) is 6.07 Å². The van der Waals surface area contributed by atoms with E-state index in [-0.39, 0.29) is 5.54 Å². The van der Waals surface area contributed by atoms with Crippen LogP contribution in [0, 0.1) is 0 Å². The molecule has 0 aliphatic heterocycles. The zero-order chi connectivity index (χ0) is 12.4. The van der Waals surface area contributed by atoms with Gasteiger partial charge in [-0.15, -0.1) is 11.6 Å². The van der Waals surface area contributed by atoms with Crippen LogP contribution in [0.5, 0.6) is 0 Å². The van der Waals surface area contributed by atoms with Crippen LogP contribution >= 0.6 is 23.1 Å². The summed E-state index contributed by atoms with van der Waals surface area (Å²) < 4.78 is 4.49. The number of nitrogens with zero attached hydrogens (tertiary/aromatic N) is 1. The molecule has 1 heterocycles. The molecule has 0 amide bonds. The van der Waals surface area contributed by atoms with Gasteiger partial charge >= 0.3 is 0 Å². The van der Waals surface area contributed by atoms with Crippen molar-refractivity contribution < 1.29 is 0 Å². The van der Waals surface area contributed by atoms with Crippen LogP contribution in [0.3, 0.4) is 0 Å². The lowest BCUT2D eigenvalue weighted by atomic mass is 9.83. The zero-order valence-electron chi connectivity index (χ0n) is 10.3. The highest BCUT2D eigenvalue weighted by molar-refractivity contribution is 7.11. The first-order valence-corrected chi connectivity index (χ1v) is 7.82. The van der Waals surface area contributed by atoms with Crippen molar-refractivity contribution in [2.45, 2.75) is 37.6 Å². The molecule has 0 saturated heterocycles. The van der Waals surface area contributed by atoms with Gasteiger partial charge in [0.15, 0.2) is 0 Å². The Bertz CT molecular complexity index is 531. The summed E-state index contributed by atoms with van der Waals surface area (Å²) in [6.45, 7) is 0. The van der Waals surface area contributed by atoms with Crippen LogP contribution in [0.25, 0.3) is 10.9 Å². The molecule has 1 aromatic carbocycles. The van der Waals surface area contributed by atoms with E-state index < -0.39 is 0 Å². The van der Waals surface area contributed by atoms with E-state index in [1.54, 1.807) is 11.5 Å². The average molecular weight is 281 g/mol. The Balaban J connectivity index is 1.90. The minimum Gasteiger partial charge on any atom is -0.369 e. The lowest BCUT2D eigenvalue weighted by Crippen LogP contribution is -2.41. The summed E-state index contributed by atoms with van der Waals surface area (Å²) >= 11 is 7.78. The summed E-state index contributed by atoms with van der Waals surface area (Å²) in [7, 11) is 0. The van der Waals surface area contributed by atoms with E-state index in [1.165, 1.54) is 42.5 Å². The van der Waals surface area contributed by atoms with Gasteiger partial charge in [0.25, 0.3) is 0 Å². The maximum absolute atomic E-state index is 6.23. The Hall–Kier alpha value is -0.800. The fourth-order valence-corrected chi connectivity index (χ4v) is 3.96. The van der Waals surface area contributed by atoms with Gasteiger partial charge in [-0.2, -0.15) is 4.37 Å². The maximum atomic E-state index is 6.23. The highest BCUT2D eigenvalue weighted by atomic mass is 35.5. The third kappa shape index (κ3) is 2.21. The maximum Gasteiger partial charge on any atom is 0.117 e. The lowest BCUT2D eigenvalue weighted by molar-refractivity contribution is 0.354. The molecule has 1 saturated carbocycles. The van der Waals surface area contributed by atoms with Crippen molar-refractivity contribution in [1.82, 2.24) is 4.37 Å². The van der Waals surface area contributed by atoms with Gasteiger partial charge < -0.3 is 5.32 Å². The van der Waals surface area contributed by atoms with Gasteiger partial charge in [0.05, 0.1) is 11.1 Å². The molecule has 0 spiro atoms. The molecule has 0 unspecified atom stereocenters. The normalized spacial score (nSPS) is 18.9. The molecule has 1 N–H and O–H groups in total. The van der Waals surface area contributed by atoms with Gasteiger partial charge in [0, 0.05) is 11.3 Å². The topological polar surface area (TPSA) is 24.9 Å². The van der Waals surface area contributed by atoms with E-state index in [0.29, 0.717) is 5.88 Å². The van der Waals surface area contributed by atoms with Crippen molar-refractivity contribution in [1.29, 1.82) is 0 Å². The first-order valence-electron chi connectivity index (χ1n) is 6.52. The second-order valence-electron chi connectivity index (χ2n) is 5.13. The number of anilines is 1. The molecule has 1 aliphatic rings. The first kappa shape index (κ1) is 12.2. The first-order chi connectivity index (χ1) is 8.83. The monoisotopic (exact) mass is 280 g/mol. The van der Waals surface area contributed by atoms with Crippen LogP contribution in [0.15, 0.2) is 24.3 Å². The van der Waals surface area contributed by atoms with E-state index in [9.17, 15) is 0 Å². The van der Waals surface area contributed by atoms with Gasteiger partial charge in [0.1, 0.15) is 5.00 Å². The van der Waals surface area contributed by atoms with Crippen LogP contribution in [0.4, 0.5) is 5.00 Å². The fourth-order valence-electron chi connectivity index (χ4n) is 2.74. The van der Waals surface area contributed by atoms with E-state index in [0.717, 1.165) is 5.52 Å². The summed E-state index contributed by atoms with van der Waals surface area (Å²) in [5.74, 6) is 0.680. The molecule has 0 radical (unpaired) electrons. The molecule has 4 heteroatoms. The molecule has 96 valence electrons. The van der Waals surface area contributed by atoms with Crippen molar-refractivity contribution in [3.05, 3.63) is 24.3 Å². The predicted molar refractivity (Wildman–Crippen MR) is 79.8 cm³/mol. The van der Waals surface area contributed by atoms with E-state index in [2.05, 4.69) is 27.9 Å². The average Bonchev–Trinajstić information content (AvgIpc) is 2.83. The molecule has 18 heavy (non-hydrogen) atoms. The molecule has 1 aliphatic carbocycles. The Kier molecular flexibility index (Phi) is 3.44. The SMILES string of the molecule is ClCC1(Nc2snc3ccccc23)CCCCC1. The lowest BCUT2D eigenvalue weighted by Gasteiger charge is -2.36. The van der Waals surface area contributed by atoms with Crippen molar-refractivity contribution in [3.8, 4) is 0 Å². The largest absolute Gasteiger partial charge is 0.369 e. The summed E-state index contributed by atoms with van der Waals surface area (Å²) in [6.07, 6.45) is 6.22. The van der Waals surface area contributed by atoms with Gasteiger partial charge in [-0.1, -0.05) is 31.4 Å². The number of benzene rings is 1. The summed E-state index contributed by atoms with van der Waals surface area (Å²) in [4.78, 5) is 0. The van der Waals surface area contributed by atoms with E-state index in [4.69, 9.17) is 11.6 Å². The van der Waals surface area contributed by atoms with Gasteiger partial charge in [-0.3, -0.25) is 0 Å². The highest BCUT2D eigenvalue weighted by Crippen LogP contribution is 2.36. The Morgan fingerprint density at radius 2 is 2.00 bits per heavy atom. The number of aromatic nitrogens is 1. The van der Waals surface area contributed by atoms with Crippen molar-refractivity contribution in [2.24, 2.45) is 0 Å². The highest BCUT2D eigenvalue weighted by Gasteiger charge is 2.31. The number of hydrogen-bond donors (Lipinski definition) is 1. The predicted octanol–water partition coefficient (Wildman–Crippen LogP) is 4.65. The minimum absolute atomic E-state index is 0.0785. The smallest absolute Gasteiger partial charge is 0.117 e. The van der Waals surface area contributed by atoms with Crippen molar-refractivity contribution in [3.63, 3.8) is 0 Å². The van der Waals surface area contributed by atoms with Crippen LogP contribution in [0.1, 0.15) is 32.1 Å². The van der Waals surface area contributed by atoms with Crippen LogP contribution in [-0.4, -0.2) is 15.8 Å². The van der Waals surface area contributed by atoms with Crippen LogP contribution < -0.4 is 5.32 Å². The van der Waals surface area contributed by atoms with Gasteiger partial charge in [-0.05, 0) is 36.5 Å². The van der Waals surface area contributed by atoms with Crippen molar-refractivity contribution in [2.75, 3.05) is 11.2 Å². The Labute approximate surface area is 117 Å². The molecular weight excluding hydrogens is 264 g/mol. The molecule has 0 bridgehead atoms. The van der Waals surface area contributed by atoms with E-state index >= 15 is 0 Å². The molecule has 2 nitrogen and oxygen atoms in total. The second kappa shape index (κ2) is 5.06. The molecule has 0 atom stereocenters. The van der Waals surface area contributed by atoms with Crippen LogP contribution in [-0.2, 0) is 0 Å². The number of alkyl halides is 1. The third-order valence-corrected chi connectivity index (χ3v) is 5.13. The number of halogens is 1. The zero-order valence-corrected chi connectivity index (χ0v) is 11.9. The molecule has 2 aromatic rings. The molecule has 3 rings (SSSR count). The third-order valence-electron chi connectivity index (χ3n) is 3.83. The van der Waals surface area contributed by atoms with Gasteiger partial charge in [0.2, 0.25) is 0 Å². The molecule has 1 aromatic heterocycles. The van der Waals surface area contributed by atoms with Crippen molar-refractivity contribution >= 4 is 39.0 Å². The fraction of sp³-hybridized carbons (Fsp3) is 0.500. The number of rotatable bonds is 3. The Morgan fingerprint density at radius 3 is 2.78 bits per heavy atom. The number of hydrogen-bond acceptors (Lipinski definition) is 3. The number of nitrogens with one attached hydrogen (secondary N) is 1. The summed E-state index contributed by atoms with van der Waals surface area (Å²) in [5.41, 5.74) is 1.15. The summed E-state index contributed by atoms with van der Waals surface area (Å²) in [5, 5.41) is 6.09. The summed E-state index contributed by atoms with van der Waals surface area (Å²) in [6, 6.07) is 8.29. The van der Waals surface area contributed by atoms with Gasteiger partial charge in [-0.25, -0.2) is 0 Å². The standard InChI is InChI=1S/C14H17ClN2S/c15-10-14(8-4-1-5-9-14)16-13-11-6-2-3-7-12(11)17-18-13/h2-3,6-7,16H,1,4-5,8-10H2. The number of fused-ring (bicyclic) bond motifs is 1.